The SMILES string of the molecule is COc1ccc(CCN)cc1CN. The molecule has 0 saturated heterocycles. The Labute approximate surface area is 78.7 Å². The van der Waals surface area contributed by atoms with Crippen LogP contribution in [0, 0.1) is 0 Å². The molecule has 0 unspecified atom stereocenters. The number of ether oxygens (including phenoxy) is 1. The fraction of sp³-hybridized carbons (Fsp3) is 0.400. The first kappa shape index (κ1) is 10.0. The summed E-state index contributed by atoms with van der Waals surface area (Å²) in [7, 11) is 1.65. The highest BCUT2D eigenvalue weighted by molar-refractivity contribution is 5.37. The molecule has 0 aliphatic carbocycles. The molecule has 0 aliphatic heterocycles. The van der Waals surface area contributed by atoms with Gasteiger partial charge in [0.2, 0.25) is 0 Å². The van der Waals surface area contributed by atoms with E-state index in [-0.39, 0.29) is 0 Å². The van der Waals surface area contributed by atoms with Crippen LogP contribution in [0.2, 0.25) is 0 Å². The van der Waals surface area contributed by atoms with Gasteiger partial charge < -0.3 is 16.2 Å². The Morgan fingerprint density at radius 2 is 2.08 bits per heavy atom. The van der Waals surface area contributed by atoms with E-state index in [1.54, 1.807) is 7.11 Å². The molecule has 0 fully saturated rings. The lowest BCUT2D eigenvalue weighted by Gasteiger charge is -2.08. The Morgan fingerprint density at radius 3 is 2.62 bits per heavy atom. The smallest absolute Gasteiger partial charge is 0.123 e. The van der Waals surface area contributed by atoms with Crippen molar-refractivity contribution < 1.29 is 4.74 Å². The van der Waals surface area contributed by atoms with Gasteiger partial charge in [0.05, 0.1) is 7.11 Å². The molecule has 0 amide bonds. The van der Waals surface area contributed by atoms with E-state index in [0.717, 1.165) is 17.7 Å². The maximum absolute atomic E-state index is 5.58. The second-order valence-corrected chi connectivity index (χ2v) is 2.89. The van der Waals surface area contributed by atoms with Crippen LogP contribution in [0.25, 0.3) is 0 Å². The van der Waals surface area contributed by atoms with Gasteiger partial charge in [0, 0.05) is 12.1 Å². The Bertz CT molecular complexity index is 274. The van der Waals surface area contributed by atoms with Crippen molar-refractivity contribution in [3.05, 3.63) is 29.3 Å². The predicted octanol–water partition coefficient (Wildman–Crippen LogP) is 0.655. The third kappa shape index (κ3) is 2.44. The molecule has 0 spiro atoms. The molecule has 3 heteroatoms. The van der Waals surface area contributed by atoms with Crippen LogP contribution in [0.5, 0.6) is 5.75 Å². The second kappa shape index (κ2) is 4.84. The average Bonchev–Trinajstić information content (AvgIpc) is 2.18. The van der Waals surface area contributed by atoms with Crippen LogP contribution < -0.4 is 16.2 Å². The Hall–Kier alpha value is -1.06. The molecule has 1 aromatic carbocycles. The minimum atomic E-state index is 0.502. The van der Waals surface area contributed by atoms with Crippen LogP contribution in [-0.4, -0.2) is 13.7 Å². The summed E-state index contributed by atoms with van der Waals surface area (Å²) in [5.74, 6) is 0.850. The molecule has 0 atom stereocenters. The van der Waals surface area contributed by atoms with Gasteiger partial charge in [-0.25, -0.2) is 0 Å². The van der Waals surface area contributed by atoms with Gasteiger partial charge in [-0.3, -0.25) is 0 Å². The Morgan fingerprint density at radius 1 is 1.31 bits per heavy atom. The fourth-order valence-electron chi connectivity index (χ4n) is 1.31. The monoisotopic (exact) mass is 180 g/mol. The number of nitrogens with two attached hydrogens (primary N) is 2. The zero-order valence-electron chi connectivity index (χ0n) is 7.92. The van der Waals surface area contributed by atoms with Crippen molar-refractivity contribution in [1.82, 2.24) is 0 Å². The van der Waals surface area contributed by atoms with Crippen LogP contribution in [0.4, 0.5) is 0 Å². The highest BCUT2D eigenvalue weighted by atomic mass is 16.5. The highest BCUT2D eigenvalue weighted by Gasteiger charge is 2.01. The molecule has 0 aromatic heterocycles. The summed E-state index contributed by atoms with van der Waals surface area (Å²) in [6.45, 7) is 1.16. The number of rotatable bonds is 4. The first-order valence-corrected chi connectivity index (χ1v) is 4.37. The molecule has 1 aromatic rings. The average molecular weight is 180 g/mol. The van der Waals surface area contributed by atoms with Gasteiger partial charge in [0.15, 0.2) is 0 Å². The van der Waals surface area contributed by atoms with E-state index in [2.05, 4.69) is 0 Å². The van der Waals surface area contributed by atoms with E-state index in [9.17, 15) is 0 Å². The summed E-state index contributed by atoms with van der Waals surface area (Å²) in [6.07, 6.45) is 0.886. The molecular formula is C10H16N2O. The zero-order valence-corrected chi connectivity index (χ0v) is 7.92. The molecule has 4 N–H and O–H groups in total. The lowest BCUT2D eigenvalue weighted by Crippen LogP contribution is -2.05. The number of benzene rings is 1. The van der Waals surface area contributed by atoms with Crippen molar-refractivity contribution in [1.29, 1.82) is 0 Å². The molecule has 0 heterocycles. The summed E-state index contributed by atoms with van der Waals surface area (Å²) >= 11 is 0. The van der Waals surface area contributed by atoms with E-state index in [4.69, 9.17) is 16.2 Å². The van der Waals surface area contributed by atoms with E-state index in [1.807, 2.05) is 18.2 Å². The largest absolute Gasteiger partial charge is 0.496 e. The van der Waals surface area contributed by atoms with Crippen molar-refractivity contribution in [2.45, 2.75) is 13.0 Å². The minimum absolute atomic E-state index is 0.502. The van der Waals surface area contributed by atoms with E-state index < -0.39 is 0 Å². The molecule has 1 rings (SSSR count). The number of hydrogen-bond donors (Lipinski definition) is 2. The third-order valence-corrected chi connectivity index (χ3v) is 2.00. The van der Waals surface area contributed by atoms with Crippen LogP contribution in [0.15, 0.2) is 18.2 Å². The highest BCUT2D eigenvalue weighted by Crippen LogP contribution is 2.19. The lowest BCUT2D eigenvalue weighted by atomic mass is 10.1. The quantitative estimate of drug-likeness (QED) is 0.715. The van der Waals surface area contributed by atoms with E-state index in [0.29, 0.717) is 13.1 Å². The topological polar surface area (TPSA) is 61.3 Å². The first-order valence-electron chi connectivity index (χ1n) is 4.37. The maximum Gasteiger partial charge on any atom is 0.123 e. The summed E-state index contributed by atoms with van der Waals surface area (Å²) in [5, 5.41) is 0. The van der Waals surface area contributed by atoms with Crippen LogP contribution in [0.1, 0.15) is 11.1 Å². The van der Waals surface area contributed by atoms with Crippen molar-refractivity contribution in [3.8, 4) is 5.75 Å². The van der Waals surface area contributed by atoms with Crippen LogP contribution >= 0.6 is 0 Å². The van der Waals surface area contributed by atoms with Gasteiger partial charge in [-0.2, -0.15) is 0 Å². The zero-order chi connectivity index (χ0) is 9.68. The number of methoxy groups -OCH3 is 1. The molecule has 72 valence electrons. The summed E-state index contributed by atoms with van der Waals surface area (Å²) in [6, 6.07) is 6.00. The van der Waals surface area contributed by atoms with Crippen molar-refractivity contribution >= 4 is 0 Å². The fourth-order valence-corrected chi connectivity index (χ4v) is 1.31. The first-order chi connectivity index (χ1) is 6.31. The van der Waals surface area contributed by atoms with Crippen molar-refractivity contribution in [2.24, 2.45) is 11.5 Å². The normalized spacial score (nSPS) is 10.1. The van der Waals surface area contributed by atoms with Crippen LogP contribution in [0.3, 0.4) is 0 Å². The molecule has 0 saturated carbocycles. The van der Waals surface area contributed by atoms with Crippen molar-refractivity contribution in [3.63, 3.8) is 0 Å². The van der Waals surface area contributed by atoms with E-state index in [1.165, 1.54) is 5.56 Å². The lowest BCUT2D eigenvalue weighted by molar-refractivity contribution is 0.409. The summed E-state index contributed by atoms with van der Waals surface area (Å²) in [5.41, 5.74) is 13.3. The molecule has 3 nitrogen and oxygen atoms in total. The molecule has 0 bridgehead atoms. The van der Waals surface area contributed by atoms with Crippen LogP contribution in [-0.2, 0) is 13.0 Å². The molecular weight excluding hydrogens is 164 g/mol. The second-order valence-electron chi connectivity index (χ2n) is 2.89. The Kier molecular flexibility index (Phi) is 3.73. The van der Waals surface area contributed by atoms with Gasteiger partial charge in [-0.1, -0.05) is 12.1 Å². The third-order valence-electron chi connectivity index (χ3n) is 2.00. The summed E-state index contributed by atoms with van der Waals surface area (Å²) in [4.78, 5) is 0. The molecule has 13 heavy (non-hydrogen) atoms. The van der Waals surface area contributed by atoms with Gasteiger partial charge in [-0.05, 0) is 24.6 Å². The van der Waals surface area contributed by atoms with Gasteiger partial charge in [0.1, 0.15) is 5.75 Å². The van der Waals surface area contributed by atoms with Gasteiger partial charge in [-0.15, -0.1) is 0 Å². The maximum atomic E-state index is 5.58. The minimum Gasteiger partial charge on any atom is -0.496 e. The van der Waals surface area contributed by atoms with Gasteiger partial charge in [0.25, 0.3) is 0 Å². The molecule has 0 radical (unpaired) electrons. The standard InChI is InChI=1S/C10H16N2O/c1-13-10-3-2-8(4-5-11)6-9(10)7-12/h2-3,6H,4-5,7,11-12H2,1H3. The van der Waals surface area contributed by atoms with Gasteiger partial charge >= 0.3 is 0 Å². The Balaban J connectivity index is 2.91. The number of hydrogen-bond acceptors (Lipinski definition) is 3. The summed E-state index contributed by atoms with van der Waals surface area (Å²) < 4.78 is 5.16. The van der Waals surface area contributed by atoms with Crippen molar-refractivity contribution in [2.75, 3.05) is 13.7 Å². The molecule has 0 aliphatic rings. The predicted molar refractivity (Wildman–Crippen MR) is 53.6 cm³/mol. The van der Waals surface area contributed by atoms with E-state index >= 15 is 0 Å².